The lowest BCUT2D eigenvalue weighted by molar-refractivity contribution is 0.222. The van der Waals surface area contributed by atoms with E-state index in [2.05, 4.69) is 25.1 Å². The Hall–Kier alpha value is -3.51. The summed E-state index contributed by atoms with van der Waals surface area (Å²) in [5.41, 5.74) is 4.75. The molecule has 188 valence electrons. The molecule has 0 amide bonds. The molecule has 8 nitrogen and oxygen atoms in total. The van der Waals surface area contributed by atoms with E-state index < -0.39 is 10.0 Å². The number of H-pyrrole nitrogens is 1. The maximum Gasteiger partial charge on any atom is 0.252 e. The minimum Gasteiger partial charge on any atom is -0.304 e. The Morgan fingerprint density at radius 3 is 2.49 bits per heavy atom. The van der Waals surface area contributed by atoms with E-state index >= 15 is 0 Å². The Morgan fingerprint density at radius 1 is 0.946 bits per heavy atom. The number of hydrogen-bond donors (Lipinski definition) is 1. The van der Waals surface area contributed by atoms with E-state index in [1.54, 1.807) is 28.7 Å². The van der Waals surface area contributed by atoms with Crippen LogP contribution in [-0.2, 0) is 10.0 Å². The molecule has 0 spiro atoms. The van der Waals surface area contributed by atoms with E-state index in [-0.39, 0.29) is 5.82 Å². The van der Waals surface area contributed by atoms with Gasteiger partial charge < -0.3 is 4.90 Å². The van der Waals surface area contributed by atoms with Crippen molar-refractivity contribution < 1.29 is 12.8 Å². The van der Waals surface area contributed by atoms with Crippen LogP contribution in [0, 0.1) is 5.82 Å². The van der Waals surface area contributed by atoms with Crippen molar-refractivity contribution in [1.29, 1.82) is 0 Å². The van der Waals surface area contributed by atoms with Crippen molar-refractivity contribution in [1.82, 2.24) is 29.4 Å². The van der Waals surface area contributed by atoms with Gasteiger partial charge in [-0.2, -0.15) is 9.40 Å². The van der Waals surface area contributed by atoms with E-state index in [4.69, 9.17) is 0 Å². The number of sulfonamides is 1. The normalized spacial score (nSPS) is 15.4. The Bertz CT molecular complexity index is 1690. The highest BCUT2D eigenvalue weighted by atomic mass is 32.2. The number of thiophene rings is 1. The van der Waals surface area contributed by atoms with Gasteiger partial charge in [0.1, 0.15) is 16.4 Å². The van der Waals surface area contributed by atoms with Crippen LogP contribution < -0.4 is 0 Å². The smallest absolute Gasteiger partial charge is 0.252 e. The summed E-state index contributed by atoms with van der Waals surface area (Å²) in [6, 6.07) is 15.6. The van der Waals surface area contributed by atoms with E-state index in [0.717, 1.165) is 38.2 Å². The van der Waals surface area contributed by atoms with Crippen LogP contribution in [0.4, 0.5) is 4.39 Å². The van der Waals surface area contributed by atoms with E-state index in [0.29, 0.717) is 36.1 Å². The van der Waals surface area contributed by atoms with Gasteiger partial charge in [0.2, 0.25) is 0 Å². The zero-order chi connectivity index (χ0) is 25.6. The first-order valence-electron chi connectivity index (χ1n) is 11.7. The second-order valence-corrected chi connectivity index (χ2v) is 12.2. The van der Waals surface area contributed by atoms with Crippen LogP contribution in [0.5, 0.6) is 0 Å². The average molecular weight is 535 g/mol. The quantitative estimate of drug-likeness (QED) is 0.357. The lowest BCUT2D eigenvalue weighted by atomic mass is 9.99. The summed E-state index contributed by atoms with van der Waals surface area (Å²) in [6.07, 6.45) is 3.22. The predicted molar refractivity (Wildman–Crippen MR) is 142 cm³/mol. The van der Waals surface area contributed by atoms with Crippen LogP contribution in [0.25, 0.3) is 43.9 Å². The first-order chi connectivity index (χ1) is 17.9. The van der Waals surface area contributed by atoms with Gasteiger partial charge in [0, 0.05) is 42.7 Å². The SMILES string of the molecule is CN1CCN(S(=O)(=O)c2ccc(-c3ncnc4ccc(-c5cn[nH]c5-c5ccc(F)cc5)cc34)s2)CC1. The van der Waals surface area contributed by atoms with Gasteiger partial charge in [-0.05, 0) is 61.1 Å². The fraction of sp³-hybridized carbons (Fsp3) is 0.192. The first-order valence-corrected chi connectivity index (χ1v) is 14.0. The Labute approximate surface area is 217 Å². The van der Waals surface area contributed by atoms with Crippen molar-refractivity contribution in [2.24, 2.45) is 0 Å². The summed E-state index contributed by atoms with van der Waals surface area (Å²) in [6.45, 7) is 2.38. The summed E-state index contributed by atoms with van der Waals surface area (Å²) < 4.78 is 41.8. The molecule has 0 radical (unpaired) electrons. The molecular weight excluding hydrogens is 511 g/mol. The topological polar surface area (TPSA) is 95.1 Å². The third kappa shape index (κ3) is 4.44. The maximum atomic E-state index is 13.4. The number of nitrogens with one attached hydrogen (secondary N) is 1. The number of aromatic nitrogens is 4. The number of nitrogens with zero attached hydrogens (tertiary/aromatic N) is 5. The molecule has 11 heteroatoms. The molecule has 37 heavy (non-hydrogen) atoms. The Balaban J connectivity index is 1.39. The highest BCUT2D eigenvalue weighted by molar-refractivity contribution is 7.91. The minimum absolute atomic E-state index is 0.303. The molecular formula is C26H23FN6O2S2. The standard InChI is InChI=1S/C26H23FN6O2S2/c1-32-10-12-33(13-11-32)37(34,35)24-9-8-23(36-24)26-20-14-18(4-7-22(20)28-16-29-26)21-15-30-31-25(21)17-2-5-19(27)6-3-17/h2-9,14-16H,10-13H2,1H3,(H,30,31). The molecule has 0 saturated carbocycles. The summed E-state index contributed by atoms with van der Waals surface area (Å²) in [7, 11) is -1.57. The fourth-order valence-corrected chi connectivity index (χ4v) is 7.40. The van der Waals surface area contributed by atoms with Crippen LogP contribution in [0.2, 0.25) is 0 Å². The highest BCUT2D eigenvalue weighted by Crippen LogP contribution is 2.37. The van der Waals surface area contributed by atoms with Crippen LogP contribution in [0.3, 0.4) is 0 Å². The molecule has 1 aliphatic heterocycles. The van der Waals surface area contributed by atoms with Gasteiger partial charge in [-0.1, -0.05) is 6.07 Å². The van der Waals surface area contributed by atoms with Crippen LogP contribution in [-0.4, -0.2) is 71.0 Å². The second kappa shape index (κ2) is 9.42. The molecule has 2 aromatic carbocycles. The minimum atomic E-state index is -3.57. The molecule has 0 unspecified atom stereocenters. The summed E-state index contributed by atoms with van der Waals surface area (Å²) >= 11 is 1.22. The van der Waals surface area contributed by atoms with Crippen molar-refractivity contribution in [3.05, 3.63) is 72.9 Å². The first kappa shape index (κ1) is 23.9. The van der Waals surface area contributed by atoms with E-state index in [9.17, 15) is 12.8 Å². The maximum absolute atomic E-state index is 13.4. The number of likely N-dealkylation sites (N-methyl/N-ethyl adjacent to an activating group) is 1. The number of aromatic amines is 1. The predicted octanol–water partition coefficient (Wildman–Crippen LogP) is 4.49. The van der Waals surface area contributed by atoms with Crippen molar-refractivity contribution in [3.63, 3.8) is 0 Å². The van der Waals surface area contributed by atoms with Gasteiger partial charge in [-0.15, -0.1) is 11.3 Å². The zero-order valence-electron chi connectivity index (χ0n) is 19.9. The van der Waals surface area contributed by atoms with Gasteiger partial charge in [-0.25, -0.2) is 22.8 Å². The number of hydrogen-bond acceptors (Lipinski definition) is 7. The number of halogens is 1. The number of piperazine rings is 1. The van der Waals surface area contributed by atoms with Crippen molar-refractivity contribution in [3.8, 4) is 33.0 Å². The van der Waals surface area contributed by atoms with Crippen molar-refractivity contribution in [2.45, 2.75) is 4.21 Å². The lowest BCUT2D eigenvalue weighted by Crippen LogP contribution is -2.46. The molecule has 6 rings (SSSR count). The number of fused-ring (bicyclic) bond motifs is 1. The Morgan fingerprint density at radius 2 is 1.70 bits per heavy atom. The van der Waals surface area contributed by atoms with Gasteiger partial charge in [-0.3, -0.25) is 5.10 Å². The summed E-state index contributed by atoms with van der Waals surface area (Å²) in [4.78, 5) is 11.8. The summed E-state index contributed by atoms with van der Waals surface area (Å²) in [5.74, 6) is -0.303. The molecule has 4 heterocycles. The zero-order valence-corrected chi connectivity index (χ0v) is 21.6. The van der Waals surface area contributed by atoms with Crippen molar-refractivity contribution >= 4 is 32.3 Å². The van der Waals surface area contributed by atoms with Gasteiger partial charge >= 0.3 is 0 Å². The van der Waals surface area contributed by atoms with Crippen LogP contribution in [0.1, 0.15) is 0 Å². The molecule has 0 aliphatic carbocycles. The molecule has 5 aromatic rings. The third-order valence-electron chi connectivity index (χ3n) is 6.59. The van der Waals surface area contributed by atoms with E-state index in [1.807, 2.05) is 31.3 Å². The average Bonchev–Trinajstić information content (AvgIpc) is 3.60. The third-order valence-corrected chi connectivity index (χ3v) is 10.0. The van der Waals surface area contributed by atoms with Gasteiger partial charge in [0.05, 0.1) is 28.0 Å². The number of benzene rings is 2. The van der Waals surface area contributed by atoms with Crippen LogP contribution in [0.15, 0.2) is 71.3 Å². The molecule has 0 atom stereocenters. The molecule has 0 bridgehead atoms. The van der Waals surface area contributed by atoms with Gasteiger partial charge in [0.25, 0.3) is 10.0 Å². The van der Waals surface area contributed by atoms with E-state index in [1.165, 1.54) is 29.8 Å². The lowest BCUT2D eigenvalue weighted by Gasteiger charge is -2.31. The Kier molecular flexibility index (Phi) is 6.07. The number of rotatable bonds is 5. The summed E-state index contributed by atoms with van der Waals surface area (Å²) in [5, 5.41) is 8.03. The molecule has 3 aromatic heterocycles. The molecule has 1 aliphatic rings. The van der Waals surface area contributed by atoms with Crippen molar-refractivity contribution in [2.75, 3.05) is 33.2 Å². The van der Waals surface area contributed by atoms with Crippen LogP contribution >= 0.6 is 11.3 Å². The fourth-order valence-electron chi connectivity index (χ4n) is 4.50. The largest absolute Gasteiger partial charge is 0.304 e. The molecule has 1 saturated heterocycles. The highest BCUT2D eigenvalue weighted by Gasteiger charge is 2.29. The second-order valence-electron chi connectivity index (χ2n) is 8.95. The van der Waals surface area contributed by atoms with Gasteiger partial charge in [0.15, 0.2) is 0 Å². The molecule has 1 fully saturated rings. The monoisotopic (exact) mass is 534 g/mol. The molecule has 1 N–H and O–H groups in total.